The fraction of sp³-hybridized carbons (Fsp3) is 0.333. The number of hydrogen-bond donors (Lipinski definition) is 1. The Morgan fingerprint density at radius 1 is 1.03 bits per heavy atom. The number of thiazole rings is 1. The number of anilines is 1. The summed E-state index contributed by atoms with van der Waals surface area (Å²) in [6.45, 7) is 2.28. The maximum atomic E-state index is 12.7. The topological polar surface area (TPSA) is 45.2 Å². The highest BCUT2D eigenvalue weighted by Gasteiger charge is 2.26. The first-order chi connectivity index (χ1) is 14.3. The molecule has 0 bridgehead atoms. The fourth-order valence-corrected chi connectivity index (χ4v) is 5.03. The van der Waals surface area contributed by atoms with Crippen molar-refractivity contribution < 1.29 is 4.79 Å². The predicted octanol–water partition coefficient (Wildman–Crippen LogP) is 5.02. The number of carbonyl (C=O) groups is 1. The SMILES string of the molecule is O=C(Nc1ccc2c(c1)CCN(C1CCC1)CC2)c1csc(-c2ccccc2)n1. The molecule has 1 amide bonds. The zero-order valence-corrected chi connectivity index (χ0v) is 17.3. The second-order valence-corrected chi connectivity index (χ2v) is 8.82. The standard InChI is InChI=1S/C24H25N3OS/c28-23(22-16-29-24(26-22)18-5-2-1-3-6-18)25-20-10-9-17-11-13-27(21-7-4-8-21)14-12-19(17)15-20/h1-3,5-6,9-10,15-16,21H,4,7-8,11-14H2,(H,25,28). The zero-order valence-electron chi connectivity index (χ0n) is 16.4. The summed E-state index contributed by atoms with van der Waals surface area (Å²) in [4.78, 5) is 19.9. The molecule has 0 saturated heterocycles. The molecule has 1 aliphatic heterocycles. The Hall–Kier alpha value is -2.50. The van der Waals surface area contributed by atoms with Crippen LogP contribution < -0.4 is 5.32 Å². The van der Waals surface area contributed by atoms with Gasteiger partial charge in [-0.3, -0.25) is 9.69 Å². The molecule has 5 rings (SSSR count). The maximum Gasteiger partial charge on any atom is 0.275 e. The molecule has 1 aliphatic carbocycles. The minimum absolute atomic E-state index is 0.145. The molecule has 0 atom stereocenters. The lowest BCUT2D eigenvalue weighted by atomic mass is 9.91. The molecule has 4 nitrogen and oxygen atoms in total. The fourth-order valence-electron chi connectivity index (χ4n) is 4.22. The van der Waals surface area contributed by atoms with Gasteiger partial charge in [-0.25, -0.2) is 4.98 Å². The van der Waals surface area contributed by atoms with E-state index in [2.05, 4.69) is 27.3 Å². The van der Waals surface area contributed by atoms with Gasteiger partial charge in [0.15, 0.2) is 0 Å². The molecule has 0 radical (unpaired) electrons. The van der Waals surface area contributed by atoms with Gasteiger partial charge in [-0.15, -0.1) is 11.3 Å². The Morgan fingerprint density at radius 2 is 1.83 bits per heavy atom. The van der Waals surface area contributed by atoms with E-state index in [1.165, 1.54) is 41.7 Å². The van der Waals surface area contributed by atoms with Gasteiger partial charge in [-0.1, -0.05) is 42.8 Å². The zero-order chi connectivity index (χ0) is 19.6. The van der Waals surface area contributed by atoms with Gasteiger partial charge in [0.1, 0.15) is 10.7 Å². The van der Waals surface area contributed by atoms with Crippen LogP contribution in [0.1, 0.15) is 40.9 Å². The van der Waals surface area contributed by atoms with Gasteiger partial charge in [0.2, 0.25) is 0 Å². The smallest absolute Gasteiger partial charge is 0.275 e. The summed E-state index contributed by atoms with van der Waals surface area (Å²) < 4.78 is 0. The van der Waals surface area contributed by atoms with Crippen molar-refractivity contribution in [1.29, 1.82) is 0 Å². The molecule has 2 aliphatic rings. The van der Waals surface area contributed by atoms with E-state index in [4.69, 9.17) is 0 Å². The molecule has 1 N–H and O–H groups in total. The summed E-state index contributed by atoms with van der Waals surface area (Å²) in [6, 6.07) is 17.1. The van der Waals surface area contributed by atoms with E-state index < -0.39 is 0 Å². The normalized spacial score (nSPS) is 17.2. The first kappa shape index (κ1) is 18.5. The second kappa shape index (κ2) is 8.09. The minimum Gasteiger partial charge on any atom is -0.321 e. The summed E-state index contributed by atoms with van der Waals surface area (Å²) in [5, 5.41) is 5.74. The lowest BCUT2D eigenvalue weighted by Gasteiger charge is -2.36. The Balaban J connectivity index is 1.27. The highest BCUT2D eigenvalue weighted by atomic mass is 32.1. The summed E-state index contributed by atoms with van der Waals surface area (Å²) in [6.07, 6.45) is 6.26. The number of nitrogens with zero attached hydrogens (tertiary/aromatic N) is 2. The predicted molar refractivity (Wildman–Crippen MR) is 119 cm³/mol. The van der Waals surface area contributed by atoms with E-state index in [1.54, 1.807) is 0 Å². The third-order valence-electron chi connectivity index (χ3n) is 6.15. The summed E-state index contributed by atoms with van der Waals surface area (Å²) in [5.74, 6) is -0.145. The third-order valence-corrected chi connectivity index (χ3v) is 7.04. The van der Waals surface area contributed by atoms with Crippen LogP contribution in [0, 0.1) is 0 Å². The average molecular weight is 404 g/mol. The molecule has 1 saturated carbocycles. The number of aromatic nitrogens is 1. The summed E-state index contributed by atoms with van der Waals surface area (Å²) in [5.41, 5.74) is 5.16. The van der Waals surface area contributed by atoms with E-state index in [-0.39, 0.29) is 5.91 Å². The van der Waals surface area contributed by atoms with Crippen molar-refractivity contribution in [2.75, 3.05) is 18.4 Å². The summed E-state index contributed by atoms with van der Waals surface area (Å²) in [7, 11) is 0. The largest absolute Gasteiger partial charge is 0.321 e. The van der Waals surface area contributed by atoms with Crippen molar-refractivity contribution in [3.8, 4) is 10.6 Å². The van der Waals surface area contributed by atoms with Crippen LogP contribution in [0.5, 0.6) is 0 Å². The third kappa shape index (κ3) is 3.98. The monoisotopic (exact) mass is 403 g/mol. The van der Waals surface area contributed by atoms with E-state index in [9.17, 15) is 4.79 Å². The summed E-state index contributed by atoms with van der Waals surface area (Å²) >= 11 is 1.50. The van der Waals surface area contributed by atoms with Crippen LogP contribution in [0.2, 0.25) is 0 Å². The number of benzene rings is 2. The molecular formula is C24H25N3OS. The van der Waals surface area contributed by atoms with Crippen LogP contribution in [-0.2, 0) is 12.8 Å². The Labute approximate surface area is 175 Å². The van der Waals surface area contributed by atoms with Crippen LogP contribution in [-0.4, -0.2) is 34.9 Å². The maximum absolute atomic E-state index is 12.7. The van der Waals surface area contributed by atoms with E-state index in [1.807, 2.05) is 41.8 Å². The quantitative estimate of drug-likeness (QED) is 0.666. The van der Waals surface area contributed by atoms with Crippen LogP contribution >= 0.6 is 11.3 Å². The number of hydrogen-bond acceptors (Lipinski definition) is 4. The number of nitrogens with one attached hydrogen (secondary N) is 1. The van der Waals surface area contributed by atoms with E-state index in [0.29, 0.717) is 5.69 Å². The van der Waals surface area contributed by atoms with Gasteiger partial charge < -0.3 is 5.32 Å². The van der Waals surface area contributed by atoms with Gasteiger partial charge in [-0.05, 0) is 48.9 Å². The number of carbonyl (C=O) groups excluding carboxylic acids is 1. The lowest BCUT2D eigenvalue weighted by Crippen LogP contribution is -2.41. The second-order valence-electron chi connectivity index (χ2n) is 7.96. The molecule has 148 valence electrons. The molecule has 5 heteroatoms. The molecule has 2 aromatic carbocycles. The van der Waals surface area contributed by atoms with Gasteiger partial charge in [0, 0.05) is 35.8 Å². The minimum atomic E-state index is -0.145. The van der Waals surface area contributed by atoms with Gasteiger partial charge >= 0.3 is 0 Å². The average Bonchev–Trinajstić information content (AvgIpc) is 3.12. The van der Waals surface area contributed by atoms with Crippen molar-refractivity contribution >= 4 is 22.9 Å². The Morgan fingerprint density at radius 3 is 2.59 bits per heavy atom. The molecule has 1 fully saturated rings. The van der Waals surface area contributed by atoms with Gasteiger partial charge in [0.05, 0.1) is 0 Å². The first-order valence-electron chi connectivity index (χ1n) is 10.4. The van der Waals surface area contributed by atoms with Crippen LogP contribution in [0.15, 0.2) is 53.9 Å². The lowest BCUT2D eigenvalue weighted by molar-refractivity contribution is 0.102. The van der Waals surface area contributed by atoms with Crippen molar-refractivity contribution in [1.82, 2.24) is 9.88 Å². The molecule has 3 aromatic rings. The van der Waals surface area contributed by atoms with Gasteiger partial charge in [0.25, 0.3) is 5.91 Å². The van der Waals surface area contributed by atoms with Crippen LogP contribution in [0.25, 0.3) is 10.6 Å². The Kier molecular flexibility index (Phi) is 5.17. The van der Waals surface area contributed by atoms with Gasteiger partial charge in [-0.2, -0.15) is 0 Å². The van der Waals surface area contributed by atoms with E-state index >= 15 is 0 Å². The molecule has 0 unspecified atom stereocenters. The molecule has 29 heavy (non-hydrogen) atoms. The van der Waals surface area contributed by atoms with Crippen molar-refractivity contribution in [2.24, 2.45) is 0 Å². The molecule has 1 aromatic heterocycles. The highest BCUT2D eigenvalue weighted by Crippen LogP contribution is 2.28. The molecule has 0 spiro atoms. The first-order valence-corrected chi connectivity index (χ1v) is 11.3. The molecule has 2 heterocycles. The molecular weight excluding hydrogens is 378 g/mol. The van der Waals surface area contributed by atoms with Crippen molar-refractivity contribution in [3.63, 3.8) is 0 Å². The van der Waals surface area contributed by atoms with Crippen molar-refractivity contribution in [3.05, 3.63) is 70.7 Å². The highest BCUT2D eigenvalue weighted by molar-refractivity contribution is 7.13. The van der Waals surface area contributed by atoms with Crippen LogP contribution in [0.4, 0.5) is 5.69 Å². The number of amides is 1. The van der Waals surface area contributed by atoms with Crippen LogP contribution in [0.3, 0.4) is 0 Å². The van der Waals surface area contributed by atoms with E-state index in [0.717, 1.165) is 48.2 Å². The Bertz CT molecular complexity index is 1010. The van der Waals surface area contributed by atoms with Crippen molar-refractivity contribution in [2.45, 2.75) is 38.1 Å². The number of fused-ring (bicyclic) bond motifs is 1. The number of rotatable bonds is 4.